The molecule has 0 aromatic heterocycles. The van der Waals surface area contributed by atoms with Crippen LogP contribution in [0.3, 0.4) is 0 Å². The van der Waals surface area contributed by atoms with Crippen LogP contribution in [0.2, 0.25) is 0 Å². The number of rotatable bonds is 3. The van der Waals surface area contributed by atoms with Crippen molar-refractivity contribution < 1.29 is 19.4 Å². The Morgan fingerprint density at radius 1 is 1.07 bits per heavy atom. The first-order valence-electron chi connectivity index (χ1n) is 9.29. The van der Waals surface area contributed by atoms with Gasteiger partial charge in [0.25, 0.3) is 5.91 Å². The molecule has 5 nitrogen and oxygen atoms in total. The molecule has 0 saturated heterocycles. The van der Waals surface area contributed by atoms with Crippen molar-refractivity contribution in [3.05, 3.63) is 71.8 Å². The molecule has 3 aromatic carbocycles. The maximum atomic E-state index is 13.0. The summed E-state index contributed by atoms with van der Waals surface area (Å²) in [7, 11) is 0. The molecule has 0 unspecified atom stereocenters. The SMILES string of the molecule is C[C@H](OC(=O)c1cc2ccccc2cc1O)C(=O)N1c2ccccc2C[C@H]1C. The summed E-state index contributed by atoms with van der Waals surface area (Å²) in [5, 5.41) is 11.9. The van der Waals surface area contributed by atoms with Crippen LogP contribution in [0.25, 0.3) is 10.8 Å². The molecule has 0 aliphatic carbocycles. The summed E-state index contributed by atoms with van der Waals surface area (Å²) >= 11 is 0. The normalized spacial score (nSPS) is 16.6. The van der Waals surface area contributed by atoms with Crippen LogP contribution in [0, 0.1) is 0 Å². The number of carbonyl (C=O) groups excluding carboxylic acids is 2. The summed E-state index contributed by atoms with van der Waals surface area (Å²) in [5.74, 6) is -1.15. The number of anilines is 1. The summed E-state index contributed by atoms with van der Waals surface area (Å²) in [6, 6.07) is 18.3. The Balaban J connectivity index is 1.55. The first-order valence-corrected chi connectivity index (χ1v) is 9.29. The predicted octanol–water partition coefficient (Wildman–Crippen LogP) is 4.07. The van der Waals surface area contributed by atoms with Crippen molar-refractivity contribution in [1.82, 2.24) is 0 Å². The fourth-order valence-electron chi connectivity index (χ4n) is 3.76. The third-order valence-corrected chi connectivity index (χ3v) is 5.16. The topological polar surface area (TPSA) is 66.8 Å². The van der Waals surface area contributed by atoms with Gasteiger partial charge in [0.15, 0.2) is 6.10 Å². The van der Waals surface area contributed by atoms with Crippen molar-refractivity contribution in [2.75, 3.05) is 4.90 Å². The van der Waals surface area contributed by atoms with E-state index in [1.54, 1.807) is 17.9 Å². The molecule has 0 spiro atoms. The highest BCUT2D eigenvalue weighted by Crippen LogP contribution is 2.33. The average molecular weight is 375 g/mol. The molecule has 142 valence electrons. The molecule has 1 heterocycles. The van der Waals surface area contributed by atoms with Gasteiger partial charge in [-0.3, -0.25) is 4.79 Å². The summed E-state index contributed by atoms with van der Waals surface area (Å²) in [4.78, 5) is 27.3. The number of hydrogen-bond donors (Lipinski definition) is 1. The zero-order valence-corrected chi connectivity index (χ0v) is 15.8. The molecular weight excluding hydrogens is 354 g/mol. The van der Waals surface area contributed by atoms with Gasteiger partial charge in [0, 0.05) is 11.7 Å². The van der Waals surface area contributed by atoms with Gasteiger partial charge in [-0.1, -0.05) is 42.5 Å². The minimum Gasteiger partial charge on any atom is -0.507 e. The number of carbonyl (C=O) groups is 2. The molecule has 1 aliphatic rings. The van der Waals surface area contributed by atoms with Gasteiger partial charge in [-0.15, -0.1) is 0 Å². The van der Waals surface area contributed by atoms with Crippen molar-refractivity contribution in [3.8, 4) is 5.75 Å². The number of esters is 1. The third kappa shape index (κ3) is 3.09. The zero-order valence-electron chi connectivity index (χ0n) is 15.8. The molecule has 2 atom stereocenters. The van der Waals surface area contributed by atoms with Gasteiger partial charge >= 0.3 is 5.97 Å². The number of hydrogen-bond acceptors (Lipinski definition) is 4. The number of benzene rings is 3. The average Bonchev–Trinajstić information content (AvgIpc) is 3.02. The van der Waals surface area contributed by atoms with Crippen molar-refractivity contribution in [1.29, 1.82) is 0 Å². The van der Waals surface area contributed by atoms with E-state index in [2.05, 4.69) is 0 Å². The Morgan fingerprint density at radius 3 is 2.46 bits per heavy atom. The summed E-state index contributed by atoms with van der Waals surface area (Å²) in [5.41, 5.74) is 2.01. The van der Waals surface area contributed by atoms with Gasteiger partial charge in [0.2, 0.25) is 0 Å². The number of nitrogens with zero attached hydrogens (tertiary/aromatic N) is 1. The van der Waals surface area contributed by atoms with E-state index < -0.39 is 12.1 Å². The lowest BCUT2D eigenvalue weighted by Crippen LogP contribution is -2.43. The molecule has 0 fully saturated rings. The van der Waals surface area contributed by atoms with Gasteiger partial charge in [0.1, 0.15) is 11.3 Å². The molecule has 0 radical (unpaired) electrons. The van der Waals surface area contributed by atoms with Crippen LogP contribution in [0.1, 0.15) is 29.8 Å². The molecule has 5 heteroatoms. The lowest BCUT2D eigenvalue weighted by atomic mass is 10.1. The van der Waals surface area contributed by atoms with E-state index in [9.17, 15) is 14.7 Å². The van der Waals surface area contributed by atoms with E-state index >= 15 is 0 Å². The van der Waals surface area contributed by atoms with E-state index in [1.807, 2.05) is 55.5 Å². The Morgan fingerprint density at radius 2 is 1.71 bits per heavy atom. The monoisotopic (exact) mass is 375 g/mol. The Labute approximate surface area is 163 Å². The molecule has 1 N–H and O–H groups in total. The number of para-hydroxylation sites is 1. The third-order valence-electron chi connectivity index (χ3n) is 5.16. The second-order valence-corrected chi connectivity index (χ2v) is 7.15. The zero-order chi connectivity index (χ0) is 19.8. The van der Waals surface area contributed by atoms with Gasteiger partial charge in [-0.25, -0.2) is 4.79 Å². The van der Waals surface area contributed by atoms with Gasteiger partial charge in [-0.05, 0) is 54.8 Å². The minimum atomic E-state index is -0.966. The van der Waals surface area contributed by atoms with Gasteiger partial charge in [0.05, 0.1) is 0 Å². The molecular formula is C23H21NO4. The predicted molar refractivity (Wildman–Crippen MR) is 108 cm³/mol. The van der Waals surface area contributed by atoms with Crippen LogP contribution in [-0.2, 0) is 16.0 Å². The van der Waals surface area contributed by atoms with Crippen LogP contribution in [0.4, 0.5) is 5.69 Å². The number of fused-ring (bicyclic) bond motifs is 2. The van der Waals surface area contributed by atoms with Gasteiger partial charge in [-0.2, -0.15) is 0 Å². The number of ether oxygens (including phenoxy) is 1. The van der Waals surface area contributed by atoms with Gasteiger partial charge < -0.3 is 14.7 Å². The lowest BCUT2D eigenvalue weighted by molar-refractivity contribution is -0.126. The quantitative estimate of drug-likeness (QED) is 0.701. The van der Waals surface area contributed by atoms with Crippen molar-refractivity contribution in [2.45, 2.75) is 32.4 Å². The Bertz CT molecular complexity index is 1080. The smallest absolute Gasteiger partial charge is 0.342 e. The Hall–Kier alpha value is -3.34. The van der Waals surface area contributed by atoms with E-state index in [0.29, 0.717) is 0 Å². The Kier molecular flexibility index (Phi) is 4.51. The fourth-order valence-corrected chi connectivity index (χ4v) is 3.76. The fraction of sp³-hybridized carbons (Fsp3) is 0.217. The number of amides is 1. The minimum absolute atomic E-state index is 0.000115. The second kappa shape index (κ2) is 7.00. The van der Waals surface area contributed by atoms with E-state index in [-0.39, 0.29) is 23.3 Å². The van der Waals surface area contributed by atoms with Crippen LogP contribution in [-0.4, -0.2) is 29.1 Å². The maximum Gasteiger partial charge on any atom is 0.342 e. The highest BCUT2D eigenvalue weighted by atomic mass is 16.5. The number of phenolic OH excluding ortho intramolecular Hbond substituents is 1. The molecule has 1 amide bonds. The van der Waals surface area contributed by atoms with Crippen molar-refractivity contribution in [2.24, 2.45) is 0 Å². The van der Waals surface area contributed by atoms with Crippen LogP contribution < -0.4 is 4.90 Å². The van der Waals surface area contributed by atoms with Crippen LogP contribution in [0.15, 0.2) is 60.7 Å². The van der Waals surface area contributed by atoms with Crippen molar-refractivity contribution >= 4 is 28.3 Å². The summed E-state index contributed by atoms with van der Waals surface area (Å²) < 4.78 is 5.41. The first kappa shape index (κ1) is 18.0. The molecule has 28 heavy (non-hydrogen) atoms. The molecule has 0 bridgehead atoms. The van der Waals surface area contributed by atoms with Crippen LogP contribution >= 0.6 is 0 Å². The summed E-state index contributed by atoms with van der Waals surface area (Å²) in [6.07, 6.45) is -0.194. The number of aromatic hydroxyl groups is 1. The van der Waals surface area contributed by atoms with Crippen LogP contribution in [0.5, 0.6) is 5.75 Å². The summed E-state index contributed by atoms with van der Waals surface area (Å²) in [6.45, 7) is 3.54. The largest absolute Gasteiger partial charge is 0.507 e. The lowest BCUT2D eigenvalue weighted by Gasteiger charge is -2.26. The van der Waals surface area contributed by atoms with Crippen molar-refractivity contribution in [3.63, 3.8) is 0 Å². The number of phenols is 1. The molecule has 3 aromatic rings. The van der Waals surface area contributed by atoms with E-state index in [0.717, 1.165) is 28.4 Å². The molecule has 0 saturated carbocycles. The standard InChI is InChI=1S/C23H21NO4/c1-14-11-18-9-5-6-10-20(18)24(14)22(26)15(2)28-23(27)19-12-16-7-3-4-8-17(16)13-21(19)25/h3-10,12-15,25H,11H2,1-2H3/t14-,15+/m1/s1. The molecule has 4 rings (SSSR count). The van der Waals surface area contributed by atoms with E-state index in [1.165, 1.54) is 6.07 Å². The second-order valence-electron chi connectivity index (χ2n) is 7.15. The maximum absolute atomic E-state index is 13.0. The highest BCUT2D eigenvalue weighted by Gasteiger charge is 2.34. The highest BCUT2D eigenvalue weighted by molar-refractivity contribution is 6.02. The molecule has 1 aliphatic heterocycles. The van der Waals surface area contributed by atoms with E-state index in [4.69, 9.17) is 4.74 Å². The first-order chi connectivity index (χ1) is 13.5.